The van der Waals surface area contributed by atoms with Crippen LogP contribution in [-0.2, 0) is 0 Å². The zero-order chi connectivity index (χ0) is 18.4. The van der Waals surface area contributed by atoms with Crippen molar-refractivity contribution >= 4 is 81.1 Å². The lowest BCUT2D eigenvalue weighted by molar-refractivity contribution is 0.651. The van der Waals surface area contributed by atoms with E-state index in [1.165, 1.54) is 14.3 Å². The smallest absolute Gasteiger partial charge is 0.186 e. The molecule has 0 unspecified atom stereocenters. The molecule has 2 aromatic carbocycles. The minimum absolute atomic E-state index is 0.978. The summed E-state index contributed by atoms with van der Waals surface area (Å²) in [6, 6.07) is 12.7. The van der Waals surface area contributed by atoms with Gasteiger partial charge in [-0.25, -0.2) is 9.97 Å². The van der Waals surface area contributed by atoms with Crippen LogP contribution >= 0.6 is 50.4 Å². The quantitative estimate of drug-likeness (QED) is 0.353. The van der Waals surface area contributed by atoms with E-state index < -0.39 is 0 Å². The van der Waals surface area contributed by atoms with Crippen molar-refractivity contribution in [1.29, 1.82) is 0 Å². The highest BCUT2D eigenvalue weighted by Gasteiger charge is 2.22. The molecule has 138 valence electrons. The number of hydrogen-bond donors (Lipinski definition) is 0. The first-order chi connectivity index (χ1) is 13.2. The molecule has 1 aliphatic rings. The molecule has 3 heterocycles. The van der Waals surface area contributed by atoms with Crippen LogP contribution in [0.25, 0.3) is 20.4 Å². The van der Waals surface area contributed by atoms with Crippen molar-refractivity contribution in [3.8, 4) is 0 Å². The van der Waals surface area contributed by atoms with Crippen molar-refractivity contribution in [2.24, 2.45) is 0 Å². The second kappa shape index (κ2) is 7.24. The highest BCUT2D eigenvalue weighted by molar-refractivity contribution is 9.10. The topological polar surface area (TPSA) is 32.3 Å². The largest absolute Gasteiger partial charge is 0.345 e. The average molecular weight is 477 g/mol. The number of rotatable bonds is 3. The average Bonchev–Trinajstić information content (AvgIpc) is 3.31. The van der Waals surface area contributed by atoms with Crippen LogP contribution in [0.3, 0.4) is 0 Å². The Kier molecular flexibility index (Phi) is 4.75. The van der Waals surface area contributed by atoms with Gasteiger partial charge >= 0.3 is 0 Å². The van der Waals surface area contributed by atoms with E-state index in [2.05, 4.69) is 68.4 Å². The normalized spacial score (nSPS) is 15.2. The Bertz CT molecular complexity index is 1110. The predicted octanol–water partition coefficient (Wildman–Crippen LogP) is 5.72. The van der Waals surface area contributed by atoms with E-state index in [0.29, 0.717) is 0 Å². The molecule has 0 aliphatic carbocycles. The number of para-hydroxylation sites is 1. The Hall–Kier alpha value is -1.35. The third-order valence-corrected chi connectivity index (χ3v) is 8.17. The summed E-state index contributed by atoms with van der Waals surface area (Å²) in [5, 5.41) is 2.26. The summed E-state index contributed by atoms with van der Waals surface area (Å²) in [4.78, 5) is 15.8. The van der Waals surface area contributed by atoms with E-state index in [1.807, 2.05) is 0 Å². The maximum Gasteiger partial charge on any atom is 0.186 e. The van der Waals surface area contributed by atoms with Gasteiger partial charge in [0.05, 0.1) is 20.4 Å². The number of aromatic nitrogens is 2. The molecule has 0 amide bonds. The Labute approximate surface area is 178 Å². The summed E-state index contributed by atoms with van der Waals surface area (Å²) in [7, 11) is 0. The fraction of sp³-hybridized carbons (Fsp3) is 0.263. The summed E-state index contributed by atoms with van der Waals surface area (Å²) in [6.45, 7) is 3.92. The van der Waals surface area contributed by atoms with Gasteiger partial charge in [-0.1, -0.05) is 44.7 Å². The van der Waals surface area contributed by atoms with Gasteiger partial charge < -0.3 is 9.80 Å². The second-order valence-electron chi connectivity index (χ2n) is 6.39. The Morgan fingerprint density at radius 1 is 0.926 bits per heavy atom. The number of hydrogen-bond acceptors (Lipinski definition) is 7. The van der Waals surface area contributed by atoms with Crippen molar-refractivity contribution in [3.05, 3.63) is 40.9 Å². The van der Waals surface area contributed by atoms with Crippen molar-refractivity contribution in [1.82, 2.24) is 9.97 Å². The highest BCUT2D eigenvalue weighted by atomic mass is 79.9. The van der Waals surface area contributed by atoms with E-state index in [1.54, 1.807) is 34.4 Å². The number of thioether (sulfide) groups is 1. The molecule has 5 rings (SSSR count). The Morgan fingerprint density at radius 3 is 2.37 bits per heavy atom. The molecule has 0 saturated carbocycles. The van der Waals surface area contributed by atoms with Crippen molar-refractivity contribution < 1.29 is 0 Å². The van der Waals surface area contributed by atoms with Gasteiger partial charge in [0.25, 0.3) is 0 Å². The van der Waals surface area contributed by atoms with E-state index in [9.17, 15) is 0 Å². The summed E-state index contributed by atoms with van der Waals surface area (Å²) in [5.41, 5.74) is 2.22. The molecular formula is C19H17BrN4S3. The number of benzene rings is 2. The maximum absolute atomic E-state index is 4.94. The monoisotopic (exact) mass is 476 g/mol. The van der Waals surface area contributed by atoms with Crippen LogP contribution < -0.4 is 9.80 Å². The molecule has 0 N–H and O–H groups in total. The molecule has 8 heteroatoms. The molecule has 4 aromatic rings. The fourth-order valence-corrected chi connectivity index (χ4v) is 6.56. The number of thiazole rings is 2. The Morgan fingerprint density at radius 2 is 1.63 bits per heavy atom. The number of anilines is 2. The van der Waals surface area contributed by atoms with Gasteiger partial charge in [-0.05, 0) is 36.6 Å². The first kappa shape index (κ1) is 17.7. The molecule has 1 aliphatic heterocycles. The van der Waals surface area contributed by atoms with Crippen LogP contribution in [0.1, 0.15) is 0 Å². The highest BCUT2D eigenvalue weighted by Crippen LogP contribution is 2.35. The first-order valence-electron chi connectivity index (χ1n) is 8.71. The van der Waals surface area contributed by atoms with Gasteiger partial charge in [-0.2, -0.15) is 0 Å². The molecule has 4 nitrogen and oxygen atoms in total. The summed E-state index contributed by atoms with van der Waals surface area (Å²) in [6.07, 6.45) is 2.11. The number of fused-ring (bicyclic) bond motifs is 2. The third-order valence-electron chi connectivity index (χ3n) is 4.75. The molecule has 27 heavy (non-hydrogen) atoms. The number of piperazine rings is 1. The van der Waals surface area contributed by atoms with Crippen molar-refractivity contribution in [2.75, 3.05) is 42.2 Å². The van der Waals surface area contributed by atoms with Crippen LogP contribution in [0, 0.1) is 0 Å². The van der Waals surface area contributed by atoms with Gasteiger partial charge in [-0.3, -0.25) is 0 Å². The molecule has 0 bridgehead atoms. The minimum Gasteiger partial charge on any atom is -0.345 e. The first-order valence-corrected chi connectivity index (χ1v) is 12.4. The molecule has 0 radical (unpaired) electrons. The molecule has 1 fully saturated rings. The van der Waals surface area contributed by atoms with Crippen molar-refractivity contribution in [2.45, 2.75) is 4.90 Å². The maximum atomic E-state index is 4.94. The van der Waals surface area contributed by atoms with Gasteiger partial charge in [-0.15, -0.1) is 11.8 Å². The molecule has 0 spiro atoms. The zero-order valence-corrected chi connectivity index (χ0v) is 18.7. The molecule has 0 atom stereocenters. The molecule has 2 aromatic heterocycles. The van der Waals surface area contributed by atoms with Crippen LogP contribution in [0.5, 0.6) is 0 Å². The Balaban J connectivity index is 1.35. The lowest BCUT2D eigenvalue weighted by Gasteiger charge is -2.34. The van der Waals surface area contributed by atoms with Crippen LogP contribution in [0.2, 0.25) is 0 Å². The summed E-state index contributed by atoms with van der Waals surface area (Å²) >= 11 is 8.89. The minimum atomic E-state index is 0.978. The third kappa shape index (κ3) is 3.33. The zero-order valence-electron chi connectivity index (χ0n) is 14.7. The van der Waals surface area contributed by atoms with Gasteiger partial charge in [0.2, 0.25) is 0 Å². The van der Waals surface area contributed by atoms with E-state index in [-0.39, 0.29) is 0 Å². The standard InChI is InChI=1S/C19H17BrN4S3/c1-25-14-3-2-4-15-17(14)22-19(26-15)24-9-7-23(8-10-24)18-21-13-6-5-12(20)11-16(13)27-18/h2-6,11H,7-10H2,1H3. The summed E-state index contributed by atoms with van der Waals surface area (Å²) < 4.78 is 3.61. The van der Waals surface area contributed by atoms with Gasteiger partial charge in [0, 0.05) is 35.5 Å². The molecule has 1 saturated heterocycles. The van der Waals surface area contributed by atoms with Crippen LogP contribution in [-0.4, -0.2) is 42.4 Å². The van der Waals surface area contributed by atoms with E-state index in [0.717, 1.165) is 51.9 Å². The number of halogens is 1. The lowest BCUT2D eigenvalue weighted by atomic mass is 10.3. The van der Waals surface area contributed by atoms with Crippen LogP contribution in [0.4, 0.5) is 10.3 Å². The SMILES string of the molecule is CSc1cccc2sc(N3CCN(c4nc5ccc(Br)cc5s4)CC3)nc12. The van der Waals surface area contributed by atoms with Gasteiger partial charge in [0.1, 0.15) is 0 Å². The van der Waals surface area contributed by atoms with E-state index in [4.69, 9.17) is 9.97 Å². The van der Waals surface area contributed by atoms with E-state index >= 15 is 0 Å². The fourth-order valence-electron chi connectivity index (χ4n) is 3.32. The lowest BCUT2D eigenvalue weighted by Crippen LogP contribution is -2.46. The second-order valence-corrected chi connectivity index (χ2v) is 10.2. The molecular weight excluding hydrogens is 460 g/mol. The van der Waals surface area contributed by atoms with Crippen LogP contribution in [0.15, 0.2) is 45.8 Å². The number of nitrogens with zero attached hydrogens (tertiary/aromatic N) is 4. The van der Waals surface area contributed by atoms with Crippen molar-refractivity contribution in [3.63, 3.8) is 0 Å². The van der Waals surface area contributed by atoms with Gasteiger partial charge in [0.15, 0.2) is 10.3 Å². The summed E-state index contributed by atoms with van der Waals surface area (Å²) in [5.74, 6) is 0. The predicted molar refractivity (Wildman–Crippen MR) is 123 cm³/mol.